The van der Waals surface area contributed by atoms with Crippen molar-refractivity contribution >= 4 is 23.2 Å². The van der Waals surface area contributed by atoms with Crippen molar-refractivity contribution in [3.63, 3.8) is 0 Å². The molecule has 0 saturated heterocycles. The van der Waals surface area contributed by atoms with E-state index in [9.17, 15) is 18.0 Å². The van der Waals surface area contributed by atoms with Crippen LogP contribution in [0.25, 0.3) is 17.1 Å². The Labute approximate surface area is 178 Å². The number of nitrogens with one attached hydrogen (secondary N) is 2. The van der Waals surface area contributed by atoms with Gasteiger partial charge in [0.1, 0.15) is 5.82 Å². The second kappa shape index (κ2) is 7.88. The number of aryl methyl sites for hydroxylation is 1. The summed E-state index contributed by atoms with van der Waals surface area (Å²) in [4.78, 5) is 16.8. The van der Waals surface area contributed by atoms with Crippen LogP contribution in [0.2, 0.25) is 5.02 Å². The molecule has 11 heteroatoms. The molecule has 2 aromatic heterocycles. The van der Waals surface area contributed by atoms with Crippen LogP contribution in [0.3, 0.4) is 0 Å². The summed E-state index contributed by atoms with van der Waals surface area (Å²) in [5.74, 6) is 0.178. The molecule has 0 aliphatic carbocycles. The Bertz CT molecular complexity index is 1230. The highest BCUT2D eigenvalue weighted by Gasteiger charge is 2.40. The van der Waals surface area contributed by atoms with Crippen LogP contribution in [0.15, 0.2) is 54.7 Å². The van der Waals surface area contributed by atoms with Gasteiger partial charge in [0.15, 0.2) is 11.5 Å². The lowest BCUT2D eigenvalue weighted by atomic mass is 10.1. The first-order valence-corrected chi connectivity index (χ1v) is 9.32. The standard InChI is InChI=1S/C20H14ClF3N6O/c1-11-26-18(29-28-11)12-2-6-14(7-3-12)27-19(31)16-10-25-30(17(16)20(22,23)24)15-8-4-13(21)5-9-15/h2-10H,1H3,(H,27,31)(H,26,28,29). The van der Waals surface area contributed by atoms with E-state index in [1.54, 1.807) is 31.2 Å². The number of aromatic amines is 1. The fourth-order valence-corrected chi connectivity index (χ4v) is 3.06. The molecule has 0 atom stereocenters. The summed E-state index contributed by atoms with van der Waals surface area (Å²) in [7, 11) is 0. The molecule has 0 spiro atoms. The van der Waals surface area contributed by atoms with Gasteiger partial charge in [0.05, 0.1) is 17.4 Å². The van der Waals surface area contributed by atoms with Crippen LogP contribution in [-0.2, 0) is 6.18 Å². The number of alkyl halides is 3. The van der Waals surface area contributed by atoms with Gasteiger partial charge in [-0.3, -0.25) is 9.89 Å². The van der Waals surface area contributed by atoms with Crippen LogP contribution in [-0.4, -0.2) is 30.9 Å². The number of H-pyrrole nitrogens is 1. The Morgan fingerprint density at radius 2 is 1.77 bits per heavy atom. The number of benzene rings is 2. The van der Waals surface area contributed by atoms with Crippen LogP contribution in [0, 0.1) is 6.92 Å². The van der Waals surface area contributed by atoms with Crippen molar-refractivity contribution in [1.82, 2.24) is 25.0 Å². The quantitative estimate of drug-likeness (QED) is 0.467. The van der Waals surface area contributed by atoms with Gasteiger partial charge in [0, 0.05) is 16.3 Å². The number of hydrogen-bond acceptors (Lipinski definition) is 4. The lowest BCUT2D eigenvalue weighted by molar-refractivity contribution is -0.143. The van der Waals surface area contributed by atoms with Crippen LogP contribution < -0.4 is 5.32 Å². The zero-order valence-electron chi connectivity index (χ0n) is 15.9. The van der Waals surface area contributed by atoms with E-state index >= 15 is 0 Å². The first-order chi connectivity index (χ1) is 14.7. The van der Waals surface area contributed by atoms with Crippen LogP contribution in [0.1, 0.15) is 21.9 Å². The van der Waals surface area contributed by atoms with E-state index in [2.05, 4.69) is 25.6 Å². The maximum Gasteiger partial charge on any atom is 0.434 e. The SMILES string of the molecule is Cc1nc(-c2ccc(NC(=O)c3cnn(-c4ccc(Cl)cc4)c3C(F)(F)F)cc2)n[nH]1. The Balaban J connectivity index is 1.62. The highest BCUT2D eigenvalue weighted by molar-refractivity contribution is 6.30. The van der Waals surface area contributed by atoms with Gasteiger partial charge in [-0.05, 0) is 55.5 Å². The molecule has 0 aliphatic rings. The molecule has 0 saturated carbocycles. The molecule has 0 aliphatic heterocycles. The predicted molar refractivity (Wildman–Crippen MR) is 108 cm³/mol. The van der Waals surface area contributed by atoms with Crippen molar-refractivity contribution in [1.29, 1.82) is 0 Å². The van der Waals surface area contributed by atoms with Crippen LogP contribution in [0.5, 0.6) is 0 Å². The number of anilines is 1. The molecular weight excluding hydrogens is 433 g/mol. The molecule has 4 rings (SSSR count). The highest BCUT2D eigenvalue weighted by Crippen LogP contribution is 2.34. The molecule has 2 heterocycles. The second-order valence-corrected chi connectivity index (χ2v) is 7.01. The van der Waals surface area contributed by atoms with Gasteiger partial charge >= 0.3 is 6.18 Å². The normalized spacial score (nSPS) is 11.5. The third kappa shape index (κ3) is 4.29. The molecule has 0 unspecified atom stereocenters. The Morgan fingerprint density at radius 1 is 1.10 bits per heavy atom. The molecule has 2 aromatic carbocycles. The minimum absolute atomic E-state index is 0.127. The number of carbonyl (C=O) groups excluding carboxylic acids is 1. The fraction of sp³-hybridized carbons (Fsp3) is 0.100. The predicted octanol–water partition coefficient (Wildman–Crippen LogP) is 4.89. The number of amides is 1. The van der Waals surface area contributed by atoms with Crippen molar-refractivity contribution in [3.05, 3.63) is 76.8 Å². The first-order valence-electron chi connectivity index (χ1n) is 8.94. The van der Waals surface area contributed by atoms with Crippen LogP contribution in [0.4, 0.5) is 18.9 Å². The van der Waals surface area contributed by atoms with E-state index in [4.69, 9.17) is 11.6 Å². The largest absolute Gasteiger partial charge is 0.434 e. The van der Waals surface area contributed by atoms with Gasteiger partial charge in [-0.25, -0.2) is 9.67 Å². The van der Waals surface area contributed by atoms with E-state index in [-0.39, 0.29) is 5.69 Å². The third-order valence-electron chi connectivity index (χ3n) is 4.35. The topological polar surface area (TPSA) is 88.5 Å². The molecule has 0 radical (unpaired) electrons. The van der Waals surface area contributed by atoms with Crippen molar-refractivity contribution in [2.24, 2.45) is 0 Å². The zero-order chi connectivity index (χ0) is 22.2. The van der Waals surface area contributed by atoms with E-state index in [0.717, 1.165) is 6.20 Å². The molecule has 0 bridgehead atoms. The van der Waals surface area contributed by atoms with E-state index in [1.807, 2.05) is 0 Å². The van der Waals surface area contributed by atoms with Crippen molar-refractivity contribution in [2.75, 3.05) is 5.32 Å². The summed E-state index contributed by atoms with van der Waals surface area (Å²) in [6, 6.07) is 12.1. The van der Waals surface area contributed by atoms with Crippen molar-refractivity contribution in [2.45, 2.75) is 13.1 Å². The maximum absolute atomic E-state index is 13.8. The lowest BCUT2D eigenvalue weighted by Gasteiger charge is -2.13. The number of aromatic nitrogens is 5. The summed E-state index contributed by atoms with van der Waals surface area (Å²) in [6.07, 6.45) is -3.92. The van der Waals surface area contributed by atoms with Gasteiger partial charge in [-0.1, -0.05) is 11.6 Å². The summed E-state index contributed by atoms with van der Waals surface area (Å²) in [5.41, 5.74) is -0.652. The van der Waals surface area contributed by atoms with Gasteiger partial charge in [-0.15, -0.1) is 0 Å². The summed E-state index contributed by atoms with van der Waals surface area (Å²) < 4.78 is 42.0. The number of rotatable bonds is 4. The Morgan fingerprint density at radius 3 is 2.35 bits per heavy atom. The molecule has 4 aromatic rings. The minimum Gasteiger partial charge on any atom is -0.322 e. The van der Waals surface area contributed by atoms with Gasteiger partial charge < -0.3 is 5.32 Å². The van der Waals surface area contributed by atoms with E-state index < -0.39 is 23.3 Å². The Hall–Kier alpha value is -3.66. The molecule has 0 fully saturated rings. The van der Waals surface area contributed by atoms with Crippen LogP contribution >= 0.6 is 11.6 Å². The zero-order valence-corrected chi connectivity index (χ0v) is 16.7. The Kier molecular flexibility index (Phi) is 5.24. The number of hydrogen-bond donors (Lipinski definition) is 2. The highest BCUT2D eigenvalue weighted by atomic mass is 35.5. The molecule has 2 N–H and O–H groups in total. The summed E-state index contributed by atoms with van der Waals surface area (Å²) in [5, 5.41) is 13.4. The summed E-state index contributed by atoms with van der Waals surface area (Å²) >= 11 is 5.80. The van der Waals surface area contributed by atoms with Crippen molar-refractivity contribution in [3.8, 4) is 17.1 Å². The molecule has 7 nitrogen and oxygen atoms in total. The van der Waals surface area contributed by atoms with Crippen molar-refractivity contribution < 1.29 is 18.0 Å². The average molecular weight is 447 g/mol. The maximum atomic E-state index is 13.8. The monoisotopic (exact) mass is 446 g/mol. The number of nitrogens with zero attached hydrogens (tertiary/aromatic N) is 4. The smallest absolute Gasteiger partial charge is 0.322 e. The van der Waals surface area contributed by atoms with E-state index in [0.29, 0.717) is 32.6 Å². The second-order valence-electron chi connectivity index (χ2n) is 6.57. The molecule has 158 valence electrons. The van der Waals surface area contributed by atoms with E-state index in [1.165, 1.54) is 24.3 Å². The third-order valence-corrected chi connectivity index (χ3v) is 4.60. The molecule has 31 heavy (non-hydrogen) atoms. The van der Waals surface area contributed by atoms with Gasteiger partial charge in [0.25, 0.3) is 5.91 Å². The minimum atomic E-state index is -4.81. The molecular formula is C20H14ClF3N6O. The number of halogens is 4. The fourth-order valence-electron chi connectivity index (χ4n) is 2.94. The lowest BCUT2D eigenvalue weighted by Crippen LogP contribution is -2.20. The first kappa shape index (κ1) is 20.6. The van der Waals surface area contributed by atoms with Gasteiger partial charge in [-0.2, -0.15) is 23.4 Å². The summed E-state index contributed by atoms with van der Waals surface area (Å²) in [6.45, 7) is 1.76. The molecule has 1 amide bonds. The van der Waals surface area contributed by atoms with Gasteiger partial charge in [0.2, 0.25) is 0 Å². The average Bonchev–Trinajstić information content (AvgIpc) is 3.36. The number of carbonyl (C=O) groups is 1.